The fourth-order valence-electron chi connectivity index (χ4n) is 1.11. The minimum absolute atomic E-state index is 0.0684. The van der Waals surface area contributed by atoms with Crippen molar-refractivity contribution in [2.24, 2.45) is 11.1 Å². The van der Waals surface area contributed by atoms with Crippen LogP contribution in [0.2, 0.25) is 0 Å². The van der Waals surface area contributed by atoms with E-state index < -0.39 is 0 Å². The Hall–Kier alpha value is -1.16. The standard InChI is InChI=1S/C11H19N3O/c1-11(2,3)9(12)5-8-6-13-7-10(14-8)15-4/h6-7,9H,5,12H2,1-4H3. The molecule has 2 N–H and O–H groups in total. The third kappa shape index (κ3) is 3.47. The second-order valence-corrected chi connectivity index (χ2v) is 4.73. The van der Waals surface area contributed by atoms with Crippen molar-refractivity contribution in [3.05, 3.63) is 18.1 Å². The number of methoxy groups -OCH3 is 1. The first-order valence-electron chi connectivity index (χ1n) is 5.04. The van der Waals surface area contributed by atoms with Crippen molar-refractivity contribution in [3.8, 4) is 5.88 Å². The van der Waals surface area contributed by atoms with Gasteiger partial charge in [0.2, 0.25) is 5.88 Å². The normalized spacial score (nSPS) is 13.7. The maximum absolute atomic E-state index is 6.07. The van der Waals surface area contributed by atoms with Gasteiger partial charge in [-0.25, -0.2) is 4.98 Å². The molecule has 0 aliphatic rings. The molecule has 1 rings (SSSR count). The lowest BCUT2D eigenvalue weighted by molar-refractivity contribution is 0.315. The number of hydrogen-bond donors (Lipinski definition) is 1. The predicted molar refractivity (Wildman–Crippen MR) is 59.7 cm³/mol. The molecule has 0 aliphatic heterocycles. The highest BCUT2D eigenvalue weighted by atomic mass is 16.5. The zero-order valence-corrected chi connectivity index (χ0v) is 9.82. The maximum atomic E-state index is 6.07. The van der Waals surface area contributed by atoms with E-state index >= 15 is 0 Å². The molecule has 0 amide bonds. The fourth-order valence-corrected chi connectivity index (χ4v) is 1.11. The third-order valence-electron chi connectivity index (χ3n) is 2.41. The maximum Gasteiger partial charge on any atom is 0.232 e. The Morgan fingerprint density at radius 2 is 2.07 bits per heavy atom. The predicted octanol–water partition coefficient (Wildman–Crippen LogP) is 1.40. The van der Waals surface area contributed by atoms with Crippen molar-refractivity contribution in [2.75, 3.05) is 7.11 Å². The van der Waals surface area contributed by atoms with E-state index in [1.165, 1.54) is 0 Å². The van der Waals surface area contributed by atoms with Gasteiger partial charge in [0, 0.05) is 18.7 Å². The van der Waals surface area contributed by atoms with Crippen LogP contribution < -0.4 is 10.5 Å². The van der Waals surface area contributed by atoms with Gasteiger partial charge in [-0.2, -0.15) is 0 Å². The van der Waals surface area contributed by atoms with Crippen LogP contribution in [0.3, 0.4) is 0 Å². The highest BCUT2D eigenvalue weighted by molar-refractivity contribution is 5.09. The molecule has 0 aromatic carbocycles. The second-order valence-electron chi connectivity index (χ2n) is 4.73. The summed E-state index contributed by atoms with van der Waals surface area (Å²) in [4.78, 5) is 8.33. The van der Waals surface area contributed by atoms with Crippen LogP contribution in [0.5, 0.6) is 5.88 Å². The molecule has 4 nitrogen and oxygen atoms in total. The largest absolute Gasteiger partial charge is 0.480 e. The van der Waals surface area contributed by atoms with E-state index in [2.05, 4.69) is 30.7 Å². The molecule has 0 aliphatic carbocycles. The Kier molecular flexibility index (Phi) is 3.63. The molecule has 0 spiro atoms. The van der Waals surface area contributed by atoms with Crippen LogP contribution in [0.25, 0.3) is 0 Å². The van der Waals surface area contributed by atoms with E-state index in [0.717, 1.165) is 5.69 Å². The first-order chi connectivity index (χ1) is 6.93. The van der Waals surface area contributed by atoms with Gasteiger partial charge in [0.1, 0.15) is 0 Å². The van der Waals surface area contributed by atoms with Crippen LogP contribution in [0.15, 0.2) is 12.4 Å². The van der Waals surface area contributed by atoms with Crippen molar-refractivity contribution < 1.29 is 4.74 Å². The summed E-state index contributed by atoms with van der Waals surface area (Å²) >= 11 is 0. The topological polar surface area (TPSA) is 61.0 Å². The molecule has 15 heavy (non-hydrogen) atoms. The first-order valence-corrected chi connectivity index (χ1v) is 5.04. The lowest BCUT2D eigenvalue weighted by atomic mass is 9.85. The van der Waals surface area contributed by atoms with Crippen LogP contribution in [-0.2, 0) is 6.42 Å². The molecule has 0 saturated carbocycles. The van der Waals surface area contributed by atoms with E-state index in [0.29, 0.717) is 12.3 Å². The van der Waals surface area contributed by atoms with Crippen LogP contribution in [0.1, 0.15) is 26.5 Å². The number of rotatable bonds is 3. The summed E-state index contributed by atoms with van der Waals surface area (Å²) < 4.78 is 5.01. The van der Waals surface area contributed by atoms with Gasteiger partial charge in [-0.05, 0) is 5.41 Å². The lowest BCUT2D eigenvalue weighted by Gasteiger charge is -2.26. The number of ether oxygens (including phenoxy) is 1. The van der Waals surface area contributed by atoms with E-state index in [1.807, 2.05) is 0 Å². The molecule has 1 aromatic heterocycles. The summed E-state index contributed by atoms with van der Waals surface area (Å²) in [5.74, 6) is 0.536. The monoisotopic (exact) mass is 209 g/mol. The third-order valence-corrected chi connectivity index (χ3v) is 2.41. The van der Waals surface area contributed by atoms with Crippen LogP contribution in [0, 0.1) is 5.41 Å². The van der Waals surface area contributed by atoms with Gasteiger partial charge in [-0.1, -0.05) is 20.8 Å². The van der Waals surface area contributed by atoms with Crippen LogP contribution in [0.4, 0.5) is 0 Å². The summed E-state index contributed by atoms with van der Waals surface area (Å²) in [7, 11) is 1.58. The van der Waals surface area contributed by atoms with Crippen molar-refractivity contribution in [1.82, 2.24) is 9.97 Å². The van der Waals surface area contributed by atoms with Gasteiger partial charge in [0.05, 0.1) is 19.0 Å². The molecule has 1 heterocycles. The number of nitrogens with two attached hydrogens (primary N) is 1. The lowest BCUT2D eigenvalue weighted by Crippen LogP contribution is -2.37. The van der Waals surface area contributed by atoms with E-state index in [9.17, 15) is 0 Å². The van der Waals surface area contributed by atoms with Gasteiger partial charge in [-0.15, -0.1) is 0 Å². The molecule has 0 saturated heterocycles. The first kappa shape index (κ1) is 11.9. The number of nitrogens with zero attached hydrogens (tertiary/aromatic N) is 2. The van der Waals surface area contributed by atoms with Gasteiger partial charge < -0.3 is 10.5 Å². The molecule has 84 valence electrons. The number of aromatic nitrogens is 2. The Balaban J connectivity index is 2.72. The van der Waals surface area contributed by atoms with Gasteiger partial charge in [-0.3, -0.25) is 4.98 Å². The summed E-state index contributed by atoms with van der Waals surface area (Å²) in [6.07, 6.45) is 4.04. The molecule has 0 radical (unpaired) electrons. The molecule has 1 atom stereocenters. The summed E-state index contributed by atoms with van der Waals surface area (Å²) in [5.41, 5.74) is 7.01. The van der Waals surface area contributed by atoms with E-state index in [4.69, 9.17) is 10.5 Å². The fraction of sp³-hybridized carbons (Fsp3) is 0.636. The van der Waals surface area contributed by atoms with E-state index in [1.54, 1.807) is 19.5 Å². The minimum atomic E-state index is 0.0684. The van der Waals surface area contributed by atoms with Crippen LogP contribution >= 0.6 is 0 Å². The highest BCUT2D eigenvalue weighted by Gasteiger charge is 2.21. The zero-order chi connectivity index (χ0) is 11.5. The van der Waals surface area contributed by atoms with Crippen LogP contribution in [-0.4, -0.2) is 23.1 Å². The van der Waals surface area contributed by atoms with Gasteiger partial charge in [0.15, 0.2) is 0 Å². The molecule has 0 fully saturated rings. The molecule has 1 aromatic rings. The van der Waals surface area contributed by atoms with Crippen molar-refractivity contribution in [2.45, 2.75) is 33.2 Å². The Morgan fingerprint density at radius 1 is 1.40 bits per heavy atom. The van der Waals surface area contributed by atoms with E-state index in [-0.39, 0.29) is 11.5 Å². The molecule has 0 bridgehead atoms. The second kappa shape index (κ2) is 4.57. The SMILES string of the molecule is COc1cncc(CC(N)C(C)(C)C)n1. The molecular weight excluding hydrogens is 190 g/mol. The quantitative estimate of drug-likeness (QED) is 0.817. The summed E-state index contributed by atoms with van der Waals surface area (Å²) in [5, 5.41) is 0. The Morgan fingerprint density at radius 3 is 2.60 bits per heavy atom. The number of hydrogen-bond acceptors (Lipinski definition) is 4. The molecule has 1 unspecified atom stereocenters. The van der Waals surface area contributed by atoms with Gasteiger partial charge >= 0.3 is 0 Å². The Labute approximate surface area is 90.9 Å². The average molecular weight is 209 g/mol. The zero-order valence-electron chi connectivity index (χ0n) is 9.82. The van der Waals surface area contributed by atoms with Crippen molar-refractivity contribution >= 4 is 0 Å². The average Bonchev–Trinajstić information content (AvgIpc) is 2.16. The summed E-state index contributed by atoms with van der Waals surface area (Å²) in [6, 6.07) is 0.0684. The van der Waals surface area contributed by atoms with Crippen molar-refractivity contribution in [1.29, 1.82) is 0 Å². The molecular formula is C11H19N3O. The van der Waals surface area contributed by atoms with Crippen molar-refractivity contribution in [3.63, 3.8) is 0 Å². The smallest absolute Gasteiger partial charge is 0.232 e. The Bertz CT molecular complexity index is 320. The molecule has 4 heteroatoms. The highest BCUT2D eigenvalue weighted by Crippen LogP contribution is 2.20. The minimum Gasteiger partial charge on any atom is -0.480 e. The summed E-state index contributed by atoms with van der Waals surface area (Å²) in [6.45, 7) is 6.35. The van der Waals surface area contributed by atoms with Gasteiger partial charge in [0.25, 0.3) is 0 Å².